The predicted octanol–water partition coefficient (Wildman–Crippen LogP) is 3.86. The van der Waals surface area contributed by atoms with Gasteiger partial charge in [-0.1, -0.05) is 20.8 Å². The molecule has 112 valence electrons. The highest BCUT2D eigenvalue weighted by Crippen LogP contribution is 2.36. The predicted molar refractivity (Wildman–Crippen MR) is 87.8 cm³/mol. The van der Waals surface area contributed by atoms with Crippen molar-refractivity contribution in [2.45, 2.75) is 45.3 Å². The Bertz CT molecular complexity index is 321. The molecule has 0 aromatic heterocycles. The Balaban J connectivity index is 4.14. The van der Waals surface area contributed by atoms with Crippen LogP contribution in [0.25, 0.3) is 0 Å². The Morgan fingerprint density at radius 2 is 1.89 bits per heavy atom. The van der Waals surface area contributed by atoms with Gasteiger partial charge < -0.3 is 13.9 Å². The lowest BCUT2D eigenvalue weighted by Gasteiger charge is -2.36. The Kier molecular flexibility index (Phi) is 8.42. The summed E-state index contributed by atoms with van der Waals surface area (Å²) in [5.41, 5.74) is 0. The first-order chi connectivity index (χ1) is 8.60. The van der Waals surface area contributed by atoms with E-state index in [1.165, 1.54) is 13.2 Å². The molecule has 0 aromatic rings. The number of methoxy groups -OCH3 is 1. The fraction of sp³-hybridized carbons (Fsp3) is 0.769. The molecule has 0 rings (SSSR count). The van der Waals surface area contributed by atoms with Gasteiger partial charge in [-0.05, 0) is 40.7 Å². The van der Waals surface area contributed by atoms with Crippen LogP contribution in [0.15, 0.2) is 9.66 Å². The molecule has 0 bridgehead atoms. The summed E-state index contributed by atoms with van der Waals surface area (Å²) in [7, 11) is -0.218. The van der Waals surface area contributed by atoms with Gasteiger partial charge >= 0.3 is 5.97 Å². The number of carbonyl (C=O) groups is 1. The minimum atomic E-state index is -1.70. The summed E-state index contributed by atoms with van der Waals surface area (Å²) in [5, 5.41) is 0.208. The van der Waals surface area contributed by atoms with Crippen molar-refractivity contribution in [2.75, 3.05) is 20.5 Å². The third-order valence-corrected chi connectivity index (χ3v) is 8.59. The molecule has 0 aliphatic rings. The zero-order chi connectivity index (χ0) is 15.1. The molecule has 0 saturated heterocycles. The highest BCUT2D eigenvalue weighted by atomic mass is 127. The molecule has 0 spiro atoms. The lowest BCUT2D eigenvalue weighted by Crippen LogP contribution is -2.40. The Hall–Kier alpha value is 0.0769. The largest absolute Gasteiger partial charge is 0.435 e. The van der Waals surface area contributed by atoms with E-state index in [-0.39, 0.29) is 17.8 Å². The molecule has 0 aliphatic heterocycles. The molecule has 0 amide bonds. The molecule has 0 aromatic carbocycles. The average molecular weight is 400 g/mol. The van der Waals surface area contributed by atoms with Crippen molar-refractivity contribution in [3.05, 3.63) is 9.66 Å². The summed E-state index contributed by atoms with van der Waals surface area (Å²) < 4.78 is 16.4. The summed E-state index contributed by atoms with van der Waals surface area (Å²) >= 11 is 2.14. The lowest BCUT2D eigenvalue weighted by atomic mass is 10.2. The van der Waals surface area contributed by atoms with Crippen molar-refractivity contribution in [3.8, 4) is 0 Å². The van der Waals surface area contributed by atoms with Crippen LogP contribution < -0.4 is 0 Å². The molecule has 19 heavy (non-hydrogen) atoms. The Morgan fingerprint density at radius 3 is 2.37 bits per heavy atom. The third-order valence-electron chi connectivity index (χ3n) is 3.20. The summed E-state index contributed by atoms with van der Waals surface area (Å²) in [6.45, 7) is 11.7. The molecule has 4 nitrogen and oxygen atoms in total. The first kappa shape index (κ1) is 19.1. The van der Waals surface area contributed by atoms with Gasteiger partial charge in [-0.25, -0.2) is 4.79 Å². The normalized spacial score (nSPS) is 13.5. The number of hydrogen-bond acceptors (Lipinski definition) is 4. The number of ether oxygens (including phenoxy) is 2. The topological polar surface area (TPSA) is 44.8 Å². The van der Waals surface area contributed by atoms with Crippen molar-refractivity contribution < 1.29 is 18.7 Å². The summed E-state index contributed by atoms with van der Waals surface area (Å²) in [5.74, 6) is -0.376. The second kappa shape index (κ2) is 8.38. The number of carbonyl (C=O) groups excluding carboxylic acids is 1. The summed E-state index contributed by atoms with van der Waals surface area (Å²) in [6.07, 6.45) is 2.21. The van der Waals surface area contributed by atoms with E-state index in [1.54, 1.807) is 0 Å². The molecule has 0 saturated carbocycles. The van der Waals surface area contributed by atoms with E-state index in [0.717, 1.165) is 10.0 Å². The quantitative estimate of drug-likeness (QED) is 0.214. The van der Waals surface area contributed by atoms with Crippen LogP contribution in [0.5, 0.6) is 0 Å². The highest BCUT2D eigenvalue weighted by molar-refractivity contribution is 14.1. The van der Waals surface area contributed by atoms with Gasteiger partial charge in [0, 0.05) is 29.8 Å². The van der Waals surface area contributed by atoms with Crippen LogP contribution in [0.4, 0.5) is 0 Å². The molecule has 0 atom stereocenters. The standard InChI is InChI=1S/C13H25IO4Si/c1-13(2,3)19(5,6)18-8-7-11(14)9-12(15)17-10-16-4/h9H,7-8,10H2,1-6H3/b11-9-. The van der Waals surface area contributed by atoms with Gasteiger partial charge in [0.1, 0.15) is 0 Å². The first-order valence-electron chi connectivity index (χ1n) is 6.26. The molecule has 0 heterocycles. The zero-order valence-corrected chi connectivity index (χ0v) is 15.9. The van der Waals surface area contributed by atoms with E-state index in [2.05, 4.69) is 61.2 Å². The van der Waals surface area contributed by atoms with Crippen LogP contribution in [-0.4, -0.2) is 34.8 Å². The molecular formula is C13H25IO4Si. The highest BCUT2D eigenvalue weighted by Gasteiger charge is 2.36. The van der Waals surface area contributed by atoms with Crippen LogP contribution in [-0.2, 0) is 18.7 Å². The average Bonchev–Trinajstić information content (AvgIpc) is 2.24. The van der Waals surface area contributed by atoms with Gasteiger partial charge in [-0.3, -0.25) is 0 Å². The van der Waals surface area contributed by atoms with Gasteiger partial charge in [-0.2, -0.15) is 0 Å². The fourth-order valence-electron chi connectivity index (χ4n) is 0.979. The van der Waals surface area contributed by atoms with Crippen LogP contribution in [0, 0.1) is 0 Å². The first-order valence-corrected chi connectivity index (χ1v) is 10.2. The smallest absolute Gasteiger partial charge is 0.333 e. The summed E-state index contributed by atoms with van der Waals surface area (Å²) in [6, 6.07) is 0. The summed E-state index contributed by atoms with van der Waals surface area (Å²) in [4.78, 5) is 11.3. The van der Waals surface area contributed by atoms with Crippen molar-refractivity contribution in [1.29, 1.82) is 0 Å². The molecule has 0 unspecified atom stereocenters. The van der Waals surface area contributed by atoms with E-state index in [4.69, 9.17) is 9.16 Å². The second-order valence-corrected chi connectivity index (χ2v) is 12.0. The molecule has 0 aliphatic carbocycles. The van der Waals surface area contributed by atoms with Crippen molar-refractivity contribution in [3.63, 3.8) is 0 Å². The molecule has 0 N–H and O–H groups in total. The lowest BCUT2D eigenvalue weighted by molar-refractivity contribution is -0.147. The number of hydrogen-bond donors (Lipinski definition) is 0. The van der Waals surface area contributed by atoms with Gasteiger partial charge in [-0.15, -0.1) is 0 Å². The van der Waals surface area contributed by atoms with Gasteiger partial charge in [0.15, 0.2) is 15.1 Å². The molecule has 6 heteroatoms. The SMILES string of the molecule is COCOC(=O)/C=C(\I)CCO[Si](C)(C)C(C)(C)C. The van der Waals surface area contributed by atoms with Crippen molar-refractivity contribution >= 4 is 36.9 Å². The maximum Gasteiger partial charge on any atom is 0.333 e. The van der Waals surface area contributed by atoms with Crippen molar-refractivity contribution in [2.24, 2.45) is 0 Å². The van der Waals surface area contributed by atoms with E-state index in [1.807, 2.05) is 0 Å². The van der Waals surface area contributed by atoms with Gasteiger partial charge in [0.25, 0.3) is 0 Å². The maximum absolute atomic E-state index is 11.3. The van der Waals surface area contributed by atoms with E-state index in [0.29, 0.717) is 6.61 Å². The minimum absolute atomic E-state index is 0.0142. The number of rotatable bonds is 7. The van der Waals surface area contributed by atoms with Crippen LogP contribution in [0.2, 0.25) is 18.1 Å². The van der Waals surface area contributed by atoms with Gasteiger partial charge in [0.05, 0.1) is 0 Å². The minimum Gasteiger partial charge on any atom is -0.435 e. The van der Waals surface area contributed by atoms with E-state index in [9.17, 15) is 4.79 Å². The van der Waals surface area contributed by atoms with Crippen LogP contribution in [0.1, 0.15) is 27.2 Å². The zero-order valence-electron chi connectivity index (χ0n) is 12.7. The van der Waals surface area contributed by atoms with Crippen LogP contribution >= 0.6 is 22.6 Å². The van der Waals surface area contributed by atoms with Crippen molar-refractivity contribution in [1.82, 2.24) is 0 Å². The molecule has 0 fully saturated rings. The Labute approximate surface area is 131 Å². The van der Waals surface area contributed by atoms with E-state index >= 15 is 0 Å². The number of halogens is 1. The third kappa shape index (κ3) is 8.06. The van der Waals surface area contributed by atoms with Gasteiger partial charge in [0.2, 0.25) is 0 Å². The molecule has 0 radical (unpaired) electrons. The van der Waals surface area contributed by atoms with E-state index < -0.39 is 8.32 Å². The maximum atomic E-state index is 11.3. The number of esters is 1. The second-order valence-electron chi connectivity index (χ2n) is 5.82. The fourth-order valence-corrected chi connectivity index (χ4v) is 2.50. The molecular weight excluding hydrogens is 375 g/mol. The Morgan fingerprint density at radius 1 is 1.32 bits per heavy atom. The van der Waals surface area contributed by atoms with Crippen LogP contribution in [0.3, 0.4) is 0 Å². The monoisotopic (exact) mass is 400 g/mol.